The van der Waals surface area contributed by atoms with E-state index in [4.69, 9.17) is 0 Å². The third-order valence-corrected chi connectivity index (χ3v) is 5.51. The molecule has 0 bridgehead atoms. The van der Waals surface area contributed by atoms with E-state index >= 15 is 0 Å². The Morgan fingerprint density at radius 3 is 2.46 bits per heavy atom. The van der Waals surface area contributed by atoms with Crippen molar-refractivity contribution in [2.75, 3.05) is 7.05 Å². The van der Waals surface area contributed by atoms with Gasteiger partial charge in [-0.05, 0) is 54.0 Å². The van der Waals surface area contributed by atoms with Crippen molar-refractivity contribution in [2.24, 2.45) is 5.92 Å². The first-order valence-corrected chi connectivity index (χ1v) is 8.60. The van der Waals surface area contributed by atoms with E-state index in [9.17, 15) is 18.0 Å². The molecule has 24 heavy (non-hydrogen) atoms. The molecule has 1 saturated carbocycles. The molecule has 2 atom stereocenters. The Balaban J connectivity index is 1.62. The normalized spacial score (nSPS) is 20.0. The number of rotatable bonds is 4. The summed E-state index contributed by atoms with van der Waals surface area (Å²) in [5, 5.41) is 2.01. The maximum atomic E-state index is 12.6. The third kappa shape index (κ3) is 3.48. The van der Waals surface area contributed by atoms with Gasteiger partial charge in [-0.3, -0.25) is 4.79 Å². The quantitative estimate of drug-likeness (QED) is 0.770. The molecular formula is C18H18F3NOS. The van der Waals surface area contributed by atoms with Crippen LogP contribution in [0.15, 0.2) is 35.7 Å². The van der Waals surface area contributed by atoms with Crippen LogP contribution in [0.3, 0.4) is 0 Å². The van der Waals surface area contributed by atoms with Crippen LogP contribution in [-0.2, 0) is 17.5 Å². The summed E-state index contributed by atoms with van der Waals surface area (Å²) in [6, 6.07) is 7.19. The van der Waals surface area contributed by atoms with Crippen molar-refractivity contribution in [3.8, 4) is 0 Å². The van der Waals surface area contributed by atoms with Crippen molar-refractivity contribution in [2.45, 2.75) is 32.0 Å². The number of hydrogen-bond donors (Lipinski definition) is 0. The van der Waals surface area contributed by atoms with Crippen molar-refractivity contribution >= 4 is 17.2 Å². The average Bonchev–Trinajstić information content (AvgIpc) is 3.23. The first-order chi connectivity index (χ1) is 11.3. The fraction of sp³-hybridized carbons (Fsp3) is 0.389. The van der Waals surface area contributed by atoms with E-state index in [1.54, 1.807) is 23.3 Å². The van der Waals surface area contributed by atoms with Gasteiger partial charge in [0.1, 0.15) is 0 Å². The molecule has 3 rings (SSSR count). The van der Waals surface area contributed by atoms with Crippen LogP contribution in [-0.4, -0.2) is 17.9 Å². The standard InChI is InChI=1S/C18H18F3NOS/c1-11-7-8-24-16(11)10-22(2)17(23)15-9-14(15)12-3-5-13(6-4-12)18(19,20)21/h3-8,14-15H,9-10H2,1-2H3. The molecule has 1 aliphatic carbocycles. The summed E-state index contributed by atoms with van der Waals surface area (Å²) in [5.41, 5.74) is 1.33. The van der Waals surface area contributed by atoms with Gasteiger partial charge in [0, 0.05) is 17.8 Å². The molecule has 2 aromatic rings. The summed E-state index contributed by atoms with van der Waals surface area (Å²) < 4.78 is 37.8. The third-order valence-electron chi connectivity index (χ3n) is 4.50. The SMILES string of the molecule is Cc1ccsc1CN(C)C(=O)C1CC1c1ccc(C(F)(F)F)cc1. The number of nitrogens with zero attached hydrogens (tertiary/aromatic N) is 1. The van der Waals surface area contributed by atoms with Crippen LogP contribution < -0.4 is 0 Å². The molecule has 1 amide bonds. The fourth-order valence-electron chi connectivity index (χ4n) is 2.90. The van der Waals surface area contributed by atoms with E-state index in [1.807, 2.05) is 18.4 Å². The van der Waals surface area contributed by atoms with Gasteiger partial charge in [0.2, 0.25) is 5.91 Å². The molecular weight excluding hydrogens is 335 g/mol. The second-order valence-electron chi connectivity index (χ2n) is 6.29. The van der Waals surface area contributed by atoms with Gasteiger partial charge in [0.25, 0.3) is 0 Å². The van der Waals surface area contributed by atoms with Crippen molar-refractivity contribution in [3.63, 3.8) is 0 Å². The number of carbonyl (C=O) groups is 1. The molecule has 1 aromatic heterocycles. The molecule has 0 N–H and O–H groups in total. The van der Waals surface area contributed by atoms with Crippen molar-refractivity contribution in [1.29, 1.82) is 0 Å². The van der Waals surface area contributed by atoms with Crippen LogP contribution in [0.5, 0.6) is 0 Å². The molecule has 1 aliphatic rings. The number of alkyl halides is 3. The van der Waals surface area contributed by atoms with Crippen LogP contribution in [0.25, 0.3) is 0 Å². The van der Waals surface area contributed by atoms with Gasteiger partial charge in [0.15, 0.2) is 0 Å². The maximum Gasteiger partial charge on any atom is 0.416 e. The van der Waals surface area contributed by atoms with Crippen molar-refractivity contribution in [1.82, 2.24) is 4.90 Å². The second kappa shape index (κ2) is 6.24. The first kappa shape index (κ1) is 17.0. The van der Waals surface area contributed by atoms with Gasteiger partial charge in [-0.2, -0.15) is 13.2 Å². The largest absolute Gasteiger partial charge is 0.416 e. The average molecular weight is 353 g/mol. The van der Waals surface area contributed by atoms with Crippen molar-refractivity contribution in [3.05, 3.63) is 57.3 Å². The zero-order valence-electron chi connectivity index (χ0n) is 13.4. The topological polar surface area (TPSA) is 20.3 Å². The highest BCUT2D eigenvalue weighted by Gasteiger charge is 2.45. The minimum atomic E-state index is -4.32. The Bertz CT molecular complexity index is 735. The van der Waals surface area contributed by atoms with Crippen LogP contribution in [0.4, 0.5) is 13.2 Å². The molecule has 1 aromatic carbocycles. The number of halogens is 3. The van der Waals surface area contributed by atoms with E-state index in [2.05, 4.69) is 0 Å². The zero-order valence-corrected chi connectivity index (χ0v) is 14.2. The van der Waals surface area contributed by atoms with E-state index in [-0.39, 0.29) is 17.7 Å². The molecule has 0 saturated heterocycles. The van der Waals surface area contributed by atoms with Crippen LogP contribution in [0.2, 0.25) is 0 Å². The minimum absolute atomic E-state index is 0.0340. The van der Waals surface area contributed by atoms with Crippen LogP contribution in [0.1, 0.15) is 33.9 Å². The Hall–Kier alpha value is -1.82. The van der Waals surface area contributed by atoms with Gasteiger partial charge in [-0.15, -0.1) is 11.3 Å². The number of amides is 1. The van der Waals surface area contributed by atoms with Gasteiger partial charge in [0.05, 0.1) is 12.1 Å². The lowest BCUT2D eigenvalue weighted by atomic mass is 10.1. The molecule has 2 unspecified atom stereocenters. The molecule has 0 aliphatic heterocycles. The predicted octanol–water partition coefficient (Wildman–Crippen LogP) is 4.84. The summed E-state index contributed by atoms with van der Waals surface area (Å²) in [6.45, 7) is 2.60. The monoisotopic (exact) mass is 353 g/mol. The molecule has 6 heteroatoms. The van der Waals surface area contributed by atoms with E-state index in [0.29, 0.717) is 13.0 Å². The zero-order chi connectivity index (χ0) is 17.5. The maximum absolute atomic E-state index is 12.6. The molecule has 0 spiro atoms. The number of aryl methyl sites for hydroxylation is 1. The van der Waals surface area contributed by atoms with Crippen molar-refractivity contribution < 1.29 is 18.0 Å². The van der Waals surface area contributed by atoms with E-state index < -0.39 is 11.7 Å². The number of hydrogen-bond acceptors (Lipinski definition) is 2. The minimum Gasteiger partial charge on any atom is -0.340 e. The highest BCUT2D eigenvalue weighted by molar-refractivity contribution is 7.10. The lowest BCUT2D eigenvalue weighted by Gasteiger charge is -2.17. The number of carbonyl (C=O) groups excluding carboxylic acids is 1. The Kier molecular flexibility index (Phi) is 4.42. The van der Waals surface area contributed by atoms with Crippen LogP contribution >= 0.6 is 11.3 Å². The Morgan fingerprint density at radius 2 is 1.92 bits per heavy atom. The molecule has 128 valence electrons. The van der Waals surface area contributed by atoms with E-state index in [1.165, 1.54) is 17.7 Å². The summed E-state index contributed by atoms with van der Waals surface area (Å²) >= 11 is 1.63. The predicted molar refractivity (Wildman–Crippen MR) is 87.8 cm³/mol. The Morgan fingerprint density at radius 1 is 1.25 bits per heavy atom. The first-order valence-electron chi connectivity index (χ1n) is 7.72. The summed E-state index contributed by atoms with van der Waals surface area (Å²) in [5.74, 6) is -0.0219. The lowest BCUT2D eigenvalue weighted by molar-refractivity contribution is -0.137. The highest BCUT2D eigenvalue weighted by atomic mass is 32.1. The van der Waals surface area contributed by atoms with Crippen LogP contribution in [0, 0.1) is 12.8 Å². The molecule has 1 fully saturated rings. The molecule has 1 heterocycles. The highest BCUT2D eigenvalue weighted by Crippen LogP contribution is 2.48. The van der Waals surface area contributed by atoms with Gasteiger partial charge < -0.3 is 4.90 Å². The Labute approximate surface area is 142 Å². The van der Waals surface area contributed by atoms with Gasteiger partial charge >= 0.3 is 6.18 Å². The summed E-state index contributed by atoms with van der Waals surface area (Å²) in [4.78, 5) is 15.4. The second-order valence-corrected chi connectivity index (χ2v) is 7.29. The molecule has 2 nitrogen and oxygen atoms in total. The van der Waals surface area contributed by atoms with Gasteiger partial charge in [-0.25, -0.2) is 0 Å². The van der Waals surface area contributed by atoms with E-state index in [0.717, 1.165) is 22.6 Å². The number of benzene rings is 1. The number of thiophene rings is 1. The fourth-order valence-corrected chi connectivity index (χ4v) is 3.86. The smallest absolute Gasteiger partial charge is 0.340 e. The lowest BCUT2D eigenvalue weighted by Crippen LogP contribution is -2.27. The molecule has 0 radical (unpaired) electrons. The van der Waals surface area contributed by atoms with Gasteiger partial charge in [-0.1, -0.05) is 12.1 Å². The summed E-state index contributed by atoms with van der Waals surface area (Å²) in [6.07, 6.45) is -3.62. The summed E-state index contributed by atoms with van der Waals surface area (Å²) in [7, 11) is 1.78.